The fourth-order valence-corrected chi connectivity index (χ4v) is 1.07. The van der Waals surface area contributed by atoms with Crippen molar-refractivity contribution < 1.29 is 23.0 Å². The maximum Gasteiger partial charge on any atom is 0.411 e. The van der Waals surface area contributed by atoms with Crippen molar-refractivity contribution in [3.8, 4) is 6.07 Å². The zero-order valence-electron chi connectivity index (χ0n) is 7.13. The van der Waals surface area contributed by atoms with E-state index in [4.69, 9.17) is 16.9 Å². The molecule has 4 nitrogen and oxygen atoms in total. The number of alkyl halides is 3. The molecule has 0 spiro atoms. The number of hydrogen-bond donors (Lipinski definition) is 0. The van der Waals surface area contributed by atoms with Crippen LogP contribution in [0.5, 0.6) is 0 Å². The van der Waals surface area contributed by atoms with Gasteiger partial charge in [-0.25, -0.2) is 0 Å². The van der Waals surface area contributed by atoms with Gasteiger partial charge in [0.05, 0.1) is 19.8 Å². The summed E-state index contributed by atoms with van der Waals surface area (Å²) in [6, 6.07) is 0.782. The predicted octanol–water partition coefficient (Wildman–Crippen LogP) is 1.10. The Hall–Kier alpha value is -0.480. The van der Waals surface area contributed by atoms with Gasteiger partial charge in [0.2, 0.25) is 0 Å². The lowest BCUT2D eigenvalue weighted by Crippen LogP contribution is -2.51. The molecule has 0 N–H and O–H groups in total. The van der Waals surface area contributed by atoms with Crippen LogP contribution in [0.1, 0.15) is 0 Å². The lowest BCUT2D eigenvalue weighted by atomic mass is 10.3. The number of hydrogen-bond acceptors (Lipinski definition) is 4. The first-order valence-electron chi connectivity index (χ1n) is 3.85. The van der Waals surface area contributed by atoms with Gasteiger partial charge in [0.1, 0.15) is 6.07 Å². The Kier molecular flexibility index (Phi) is 3.61. The molecule has 1 fully saturated rings. The number of rotatable bonds is 4. The molecule has 0 saturated carbocycles. The first kappa shape index (κ1) is 11.6. The van der Waals surface area contributed by atoms with Crippen molar-refractivity contribution in [3.63, 3.8) is 0 Å². The second-order valence-corrected chi connectivity index (χ2v) is 2.85. The normalized spacial score (nSPS) is 20.7. The Morgan fingerprint density at radius 1 is 1.50 bits per heavy atom. The summed E-state index contributed by atoms with van der Waals surface area (Å²) >= 11 is 5.27. The highest BCUT2D eigenvalue weighted by atomic mass is 35.5. The zero-order valence-corrected chi connectivity index (χ0v) is 7.89. The van der Waals surface area contributed by atoms with Gasteiger partial charge in [-0.1, -0.05) is 0 Å². The molecule has 7 heteroatoms. The summed E-state index contributed by atoms with van der Waals surface area (Å²) in [6.07, 6.45) is 0. The van der Waals surface area contributed by atoms with Gasteiger partial charge < -0.3 is 14.2 Å². The van der Waals surface area contributed by atoms with Crippen LogP contribution >= 0.6 is 11.6 Å². The minimum absolute atomic E-state index is 0.00990. The lowest BCUT2D eigenvalue weighted by molar-refractivity contribution is -0.399. The van der Waals surface area contributed by atoms with Crippen molar-refractivity contribution in [1.29, 1.82) is 5.26 Å². The maximum absolute atomic E-state index is 13.1. The van der Waals surface area contributed by atoms with Crippen LogP contribution in [0.15, 0.2) is 0 Å². The van der Waals surface area contributed by atoms with Crippen LogP contribution in [0, 0.1) is 11.3 Å². The number of nitrogens with zero attached hydrogens (tertiary/aromatic N) is 1. The van der Waals surface area contributed by atoms with Crippen molar-refractivity contribution >= 4 is 11.6 Å². The largest absolute Gasteiger partial charge is 0.411 e. The minimum Gasteiger partial charge on any atom is -0.320 e. The Balaban J connectivity index is 2.77. The summed E-state index contributed by atoms with van der Waals surface area (Å²) in [5, 5.41) is 8.25. The monoisotopic (exact) mass is 227 g/mol. The van der Waals surface area contributed by atoms with Gasteiger partial charge in [-0.15, -0.1) is 11.6 Å². The van der Waals surface area contributed by atoms with Crippen LogP contribution in [-0.2, 0) is 14.2 Å². The van der Waals surface area contributed by atoms with E-state index in [0.717, 1.165) is 6.07 Å². The van der Waals surface area contributed by atoms with Crippen molar-refractivity contribution in [2.24, 2.45) is 0 Å². The van der Waals surface area contributed by atoms with E-state index >= 15 is 0 Å². The molecule has 0 radical (unpaired) electrons. The zero-order chi connectivity index (χ0) is 10.7. The van der Waals surface area contributed by atoms with E-state index in [2.05, 4.69) is 14.2 Å². The van der Waals surface area contributed by atoms with Crippen LogP contribution in [0.25, 0.3) is 0 Å². The number of nitriles is 1. The van der Waals surface area contributed by atoms with E-state index < -0.39 is 11.9 Å². The molecule has 0 aromatic heterocycles. The van der Waals surface area contributed by atoms with Gasteiger partial charge in [-0.3, -0.25) is 0 Å². The van der Waals surface area contributed by atoms with E-state index in [0.29, 0.717) is 0 Å². The molecular formula is C7H8ClF2NO3. The minimum atomic E-state index is -3.85. The van der Waals surface area contributed by atoms with Crippen molar-refractivity contribution in [3.05, 3.63) is 0 Å². The highest BCUT2D eigenvalue weighted by molar-refractivity contribution is 6.17. The summed E-state index contributed by atoms with van der Waals surface area (Å²) in [4.78, 5) is 0. The predicted molar refractivity (Wildman–Crippen MR) is 41.9 cm³/mol. The van der Waals surface area contributed by atoms with Crippen LogP contribution in [0.3, 0.4) is 0 Å². The highest BCUT2D eigenvalue weighted by Crippen LogP contribution is 2.36. The van der Waals surface area contributed by atoms with Gasteiger partial charge in [-0.05, 0) is 0 Å². The second-order valence-electron chi connectivity index (χ2n) is 2.48. The Bertz CT molecular complexity index is 238. The summed E-state index contributed by atoms with van der Waals surface area (Å²) in [6.45, 7) is -0.266. The fraction of sp³-hybridized carbons (Fsp3) is 0.857. The van der Waals surface area contributed by atoms with Gasteiger partial charge >= 0.3 is 11.9 Å². The average molecular weight is 228 g/mol. The van der Waals surface area contributed by atoms with Gasteiger partial charge in [0.25, 0.3) is 0 Å². The third-order valence-corrected chi connectivity index (χ3v) is 1.72. The fourth-order valence-electron chi connectivity index (χ4n) is 0.990. The molecule has 0 aromatic rings. The van der Waals surface area contributed by atoms with Crippen molar-refractivity contribution in [2.45, 2.75) is 11.9 Å². The molecule has 0 atom stereocenters. The Labute approximate surface area is 84.3 Å². The second kappa shape index (κ2) is 4.36. The van der Waals surface area contributed by atoms with Gasteiger partial charge in [0, 0.05) is 5.88 Å². The first-order chi connectivity index (χ1) is 6.58. The van der Waals surface area contributed by atoms with Gasteiger partial charge in [0.15, 0.2) is 0 Å². The molecule has 0 unspecified atom stereocenters. The number of ether oxygens (including phenoxy) is 3. The highest BCUT2D eigenvalue weighted by Gasteiger charge is 2.61. The smallest absolute Gasteiger partial charge is 0.320 e. The molecule has 1 heterocycles. The summed E-state index contributed by atoms with van der Waals surface area (Å²) in [5.41, 5.74) is 0. The quantitative estimate of drug-likeness (QED) is 0.675. The third kappa shape index (κ3) is 1.96. The SMILES string of the molecule is N#CC(F)(F)C1(OCCCl)OCCO1. The molecule has 1 aliphatic rings. The molecule has 1 rings (SSSR count). The van der Waals surface area contributed by atoms with E-state index in [1.54, 1.807) is 0 Å². The molecule has 1 saturated heterocycles. The molecule has 80 valence electrons. The van der Waals surface area contributed by atoms with E-state index in [9.17, 15) is 8.78 Å². The van der Waals surface area contributed by atoms with Crippen LogP contribution in [0.4, 0.5) is 8.78 Å². The van der Waals surface area contributed by atoms with Crippen molar-refractivity contribution in [2.75, 3.05) is 25.7 Å². The number of halogens is 3. The molecule has 0 amide bonds. The van der Waals surface area contributed by atoms with E-state index in [1.807, 2.05) is 0 Å². The average Bonchev–Trinajstić information content (AvgIpc) is 2.65. The summed E-state index contributed by atoms with van der Waals surface area (Å²) in [5.74, 6) is -6.43. The molecule has 14 heavy (non-hydrogen) atoms. The van der Waals surface area contributed by atoms with Crippen LogP contribution in [-0.4, -0.2) is 37.6 Å². The lowest BCUT2D eigenvalue weighted by Gasteiger charge is -2.29. The van der Waals surface area contributed by atoms with Crippen LogP contribution in [0.2, 0.25) is 0 Å². The summed E-state index contributed by atoms with van der Waals surface area (Å²) < 4.78 is 40.0. The van der Waals surface area contributed by atoms with Crippen LogP contribution < -0.4 is 0 Å². The first-order valence-corrected chi connectivity index (χ1v) is 4.38. The van der Waals surface area contributed by atoms with Gasteiger partial charge in [-0.2, -0.15) is 14.0 Å². The third-order valence-electron chi connectivity index (χ3n) is 1.56. The molecule has 1 aliphatic heterocycles. The molecule has 0 aliphatic carbocycles. The topological polar surface area (TPSA) is 51.5 Å². The van der Waals surface area contributed by atoms with E-state index in [-0.39, 0.29) is 25.7 Å². The Morgan fingerprint density at radius 3 is 2.50 bits per heavy atom. The summed E-state index contributed by atoms with van der Waals surface area (Å²) in [7, 11) is 0. The molecule has 0 aromatic carbocycles. The molecule has 0 bridgehead atoms. The Morgan fingerprint density at radius 2 is 2.07 bits per heavy atom. The van der Waals surface area contributed by atoms with E-state index in [1.165, 1.54) is 0 Å². The molecular weight excluding hydrogens is 220 g/mol. The maximum atomic E-state index is 13.1. The standard InChI is InChI=1S/C7H8ClF2NO3/c8-1-2-12-7(6(9,10)5-11)13-3-4-14-7/h1-4H2. The van der Waals surface area contributed by atoms with Crippen molar-refractivity contribution in [1.82, 2.24) is 0 Å².